The zero-order valence-corrected chi connectivity index (χ0v) is 23.7. The van der Waals surface area contributed by atoms with Gasteiger partial charge in [0, 0.05) is 11.6 Å². The van der Waals surface area contributed by atoms with E-state index in [9.17, 15) is 23.1 Å². The standard InChI is InChI=1S/C32H24F3N5O5/c1-2-43-31-38-27-8-4-7-25(30(41)42)28(27)40(31)17-19-9-11-20(12-10-19)26-16-22(13-14-24(26)29-36-18-37-39-29)44-21-5-3-6-23(15-21)45-32(33,34)35/h3-16H,2,17-18H2,1H3,(H,41,42). The maximum Gasteiger partial charge on any atom is 0.573 e. The van der Waals surface area contributed by atoms with E-state index in [1.807, 2.05) is 31.2 Å². The van der Waals surface area contributed by atoms with Crippen LogP contribution in [-0.2, 0) is 6.54 Å². The van der Waals surface area contributed by atoms with Crippen LogP contribution in [0.3, 0.4) is 0 Å². The summed E-state index contributed by atoms with van der Waals surface area (Å²) in [5, 5.41) is 17.9. The number of amidine groups is 1. The smallest absolute Gasteiger partial charge is 0.478 e. The molecule has 0 saturated carbocycles. The van der Waals surface area contributed by atoms with Gasteiger partial charge in [-0.3, -0.25) is 4.57 Å². The van der Waals surface area contributed by atoms with Gasteiger partial charge in [0.2, 0.25) is 0 Å². The number of fused-ring (bicyclic) bond motifs is 1. The Morgan fingerprint density at radius 2 is 1.69 bits per heavy atom. The first kappa shape index (κ1) is 29.4. The highest BCUT2D eigenvalue weighted by atomic mass is 19.4. The Morgan fingerprint density at radius 3 is 2.40 bits per heavy atom. The number of carbonyl (C=O) groups is 1. The van der Waals surface area contributed by atoms with E-state index in [-0.39, 0.29) is 18.0 Å². The fourth-order valence-corrected chi connectivity index (χ4v) is 4.95. The van der Waals surface area contributed by atoms with Crippen molar-refractivity contribution in [2.45, 2.75) is 19.8 Å². The van der Waals surface area contributed by atoms with Gasteiger partial charge in [-0.1, -0.05) is 36.4 Å². The second-order valence-electron chi connectivity index (χ2n) is 9.79. The number of hydrogen-bond donors (Lipinski definition) is 1. The van der Waals surface area contributed by atoms with Crippen molar-refractivity contribution < 1.29 is 37.3 Å². The second-order valence-corrected chi connectivity index (χ2v) is 9.79. The van der Waals surface area contributed by atoms with Crippen LogP contribution in [0.15, 0.2) is 100 Å². The highest BCUT2D eigenvalue weighted by Gasteiger charge is 2.31. The van der Waals surface area contributed by atoms with Crippen molar-refractivity contribution in [2.24, 2.45) is 15.2 Å². The number of ether oxygens (including phenoxy) is 3. The molecular weight excluding hydrogens is 591 g/mol. The number of aliphatic imine (C=N–C) groups is 1. The lowest BCUT2D eigenvalue weighted by Crippen LogP contribution is -2.17. The van der Waals surface area contributed by atoms with E-state index in [4.69, 9.17) is 9.47 Å². The highest BCUT2D eigenvalue weighted by molar-refractivity contribution is 6.05. The quantitative estimate of drug-likeness (QED) is 0.172. The number of carboxylic acids is 1. The van der Waals surface area contributed by atoms with Gasteiger partial charge >= 0.3 is 12.3 Å². The summed E-state index contributed by atoms with van der Waals surface area (Å²) >= 11 is 0. The normalized spacial score (nSPS) is 12.8. The summed E-state index contributed by atoms with van der Waals surface area (Å²) in [6, 6.07) is 23.2. The lowest BCUT2D eigenvalue weighted by atomic mass is 9.97. The van der Waals surface area contributed by atoms with Crippen LogP contribution in [0.25, 0.3) is 22.2 Å². The minimum absolute atomic E-state index is 0.117. The van der Waals surface area contributed by atoms with E-state index in [2.05, 4.69) is 24.9 Å². The lowest BCUT2D eigenvalue weighted by Gasteiger charge is -2.14. The van der Waals surface area contributed by atoms with Gasteiger partial charge < -0.3 is 19.3 Å². The minimum Gasteiger partial charge on any atom is -0.478 e. The van der Waals surface area contributed by atoms with Gasteiger partial charge in [0.1, 0.15) is 17.2 Å². The van der Waals surface area contributed by atoms with Gasteiger partial charge in [-0.2, -0.15) is 10.1 Å². The van der Waals surface area contributed by atoms with E-state index in [1.165, 1.54) is 24.3 Å². The summed E-state index contributed by atoms with van der Waals surface area (Å²) in [4.78, 5) is 20.8. The molecule has 5 aromatic rings. The van der Waals surface area contributed by atoms with Crippen molar-refractivity contribution >= 4 is 22.8 Å². The molecule has 1 aliphatic rings. The zero-order valence-electron chi connectivity index (χ0n) is 23.7. The molecule has 0 spiro atoms. The molecule has 0 saturated heterocycles. The molecule has 10 nitrogen and oxygen atoms in total. The summed E-state index contributed by atoms with van der Waals surface area (Å²) in [5.74, 6) is -0.510. The van der Waals surface area contributed by atoms with Crippen LogP contribution in [0.1, 0.15) is 28.4 Å². The van der Waals surface area contributed by atoms with Crippen LogP contribution in [-0.4, -0.2) is 46.1 Å². The Morgan fingerprint density at radius 1 is 0.933 bits per heavy atom. The molecule has 13 heteroatoms. The maximum atomic E-state index is 12.7. The number of imidazole rings is 1. The molecule has 6 rings (SSSR count). The van der Waals surface area contributed by atoms with Crippen molar-refractivity contribution in [3.05, 3.63) is 102 Å². The van der Waals surface area contributed by atoms with Gasteiger partial charge in [-0.25, -0.2) is 9.79 Å². The van der Waals surface area contributed by atoms with Crippen LogP contribution in [0.4, 0.5) is 13.2 Å². The third-order valence-corrected chi connectivity index (χ3v) is 6.80. The number of halogens is 3. The number of para-hydroxylation sites is 1. The average molecular weight is 616 g/mol. The average Bonchev–Trinajstić information content (AvgIpc) is 3.66. The Hall–Kier alpha value is -5.72. The molecule has 0 unspecified atom stereocenters. The molecule has 0 fully saturated rings. The van der Waals surface area contributed by atoms with Crippen LogP contribution in [0.5, 0.6) is 23.3 Å². The number of nitrogens with zero attached hydrogens (tertiary/aromatic N) is 5. The number of alkyl halides is 3. The van der Waals surface area contributed by atoms with Gasteiger partial charge in [0.25, 0.3) is 6.01 Å². The minimum atomic E-state index is -4.83. The Bertz CT molecular complexity index is 1950. The SMILES string of the molecule is CCOc1nc2cccc(C(=O)O)c2n1Cc1ccc(-c2cc(Oc3cccc(OC(F)(F)F)c3)ccc2C2=NCN=N2)cc1. The molecule has 0 radical (unpaired) electrons. The highest BCUT2D eigenvalue weighted by Crippen LogP contribution is 2.34. The number of benzene rings is 4. The molecular formula is C32H24F3N5O5. The predicted octanol–water partition coefficient (Wildman–Crippen LogP) is 7.71. The summed E-state index contributed by atoms with van der Waals surface area (Å²) in [6.45, 7) is 2.68. The molecule has 0 aliphatic carbocycles. The number of aromatic carboxylic acids is 1. The number of aromatic nitrogens is 2. The summed E-state index contributed by atoms with van der Waals surface area (Å²) in [7, 11) is 0. The molecule has 0 amide bonds. The number of carboxylic acid groups (broad SMARTS) is 1. The first-order chi connectivity index (χ1) is 21.7. The monoisotopic (exact) mass is 615 g/mol. The van der Waals surface area contributed by atoms with E-state index < -0.39 is 18.1 Å². The Balaban J connectivity index is 1.33. The zero-order chi connectivity index (χ0) is 31.6. The fraction of sp³-hybridized carbons (Fsp3) is 0.156. The van der Waals surface area contributed by atoms with Crippen LogP contribution < -0.4 is 14.2 Å². The van der Waals surface area contributed by atoms with E-state index in [0.29, 0.717) is 52.9 Å². The first-order valence-electron chi connectivity index (χ1n) is 13.7. The van der Waals surface area contributed by atoms with Gasteiger partial charge in [0.05, 0.1) is 29.7 Å². The van der Waals surface area contributed by atoms with Gasteiger partial charge in [-0.05, 0) is 66.1 Å². The van der Waals surface area contributed by atoms with Crippen molar-refractivity contribution in [1.29, 1.82) is 0 Å². The topological polar surface area (TPSA) is 120 Å². The van der Waals surface area contributed by atoms with Crippen molar-refractivity contribution in [1.82, 2.24) is 9.55 Å². The molecule has 4 aromatic carbocycles. The maximum absolute atomic E-state index is 12.7. The van der Waals surface area contributed by atoms with Crippen LogP contribution >= 0.6 is 0 Å². The van der Waals surface area contributed by atoms with E-state index >= 15 is 0 Å². The van der Waals surface area contributed by atoms with Crippen molar-refractivity contribution in [3.63, 3.8) is 0 Å². The largest absolute Gasteiger partial charge is 0.573 e. The molecule has 1 N–H and O–H groups in total. The van der Waals surface area contributed by atoms with Gasteiger partial charge in [-0.15, -0.1) is 18.3 Å². The van der Waals surface area contributed by atoms with Crippen LogP contribution in [0, 0.1) is 0 Å². The predicted molar refractivity (Wildman–Crippen MR) is 158 cm³/mol. The molecule has 0 atom stereocenters. The first-order valence-corrected chi connectivity index (χ1v) is 13.7. The molecule has 1 aromatic heterocycles. The molecule has 45 heavy (non-hydrogen) atoms. The lowest BCUT2D eigenvalue weighted by molar-refractivity contribution is -0.274. The number of hydrogen-bond acceptors (Lipinski definition) is 8. The summed E-state index contributed by atoms with van der Waals surface area (Å²) in [6.07, 6.45) is -4.83. The Kier molecular flexibility index (Phi) is 7.90. The van der Waals surface area contributed by atoms with E-state index in [0.717, 1.165) is 17.2 Å². The fourth-order valence-electron chi connectivity index (χ4n) is 4.95. The third kappa shape index (κ3) is 6.47. The van der Waals surface area contributed by atoms with Gasteiger partial charge in [0.15, 0.2) is 12.5 Å². The molecule has 1 aliphatic heterocycles. The Labute approximate surface area is 254 Å². The molecule has 0 bridgehead atoms. The van der Waals surface area contributed by atoms with Crippen molar-refractivity contribution in [2.75, 3.05) is 13.3 Å². The summed E-state index contributed by atoms with van der Waals surface area (Å²) in [5.41, 5.74) is 4.12. The second kappa shape index (κ2) is 12.1. The number of azo groups is 1. The third-order valence-electron chi connectivity index (χ3n) is 6.80. The molecule has 228 valence electrons. The molecule has 2 heterocycles. The van der Waals surface area contributed by atoms with Crippen LogP contribution in [0.2, 0.25) is 0 Å². The summed E-state index contributed by atoms with van der Waals surface area (Å²) < 4.78 is 55.5. The van der Waals surface area contributed by atoms with Crippen molar-refractivity contribution in [3.8, 4) is 34.4 Å². The number of rotatable bonds is 10. The van der Waals surface area contributed by atoms with E-state index in [1.54, 1.807) is 34.9 Å².